The van der Waals surface area contributed by atoms with Crippen molar-refractivity contribution >= 4 is 23.2 Å². The number of alkyl halides is 3. The van der Waals surface area contributed by atoms with E-state index in [0.717, 1.165) is 44.7 Å². The molecule has 0 radical (unpaired) electrons. The Bertz CT molecular complexity index is 687. The van der Waals surface area contributed by atoms with Crippen LogP contribution in [0.15, 0.2) is 5.38 Å². The van der Waals surface area contributed by atoms with Crippen molar-refractivity contribution in [3.8, 4) is 0 Å². The fourth-order valence-corrected chi connectivity index (χ4v) is 4.37. The molecule has 2 saturated heterocycles. The van der Waals surface area contributed by atoms with Gasteiger partial charge in [0.15, 0.2) is 0 Å². The van der Waals surface area contributed by atoms with E-state index in [9.17, 15) is 18.0 Å². The third kappa shape index (κ3) is 5.65. The minimum atomic E-state index is -5.08. The lowest BCUT2D eigenvalue weighted by molar-refractivity contribution is -0.192. The molecular weight excluding hydrogens is 399 g/mol. The van der Waals surface area contributed by atoms with Crippen LogP contribution >= 0.6 is 11.3 Å². The lowest BCUT2D eigenvalue weighted by atomic mass is 9.71. The first-order chi connectivity index (χ1) is 13.1. The van der Waals surface area contributed by atoms with Crippen LogP contribution in [-0.4, -0.2) is 66.4 Å². The number of amides is 1. The summed E-state index contributed by atoms with van der Waals surface area (Å²) in [6.07, 6.45) is -2.96. The molecule has 158 valence electrons. The van der Waals surface area contributed by atoms with Crippen LogP contribution in [0.2, 0.25) is 0 Å². The Kier molecular flexibility index (Phi) is 7.40. The van der Waals surface area contributed by atoms with Crippen LogP contribution in [0.5, 0.6) is 0 Å². The third-order valence-electron chi connectivity index (χ3n) is 5.12. The second-order valence-corrected chi connectivity index (χ2v) is 7.99. The number of carbonyl (C=O) groups is 2. The SMILES string of the molecule is COCC1C(=O)NCC12CCN(Cc1nc(C)cs1)CC2.O=C(O)C(F)(F)F. The van der Waals surface area contributed by atoms with Gasteiger partial charge in [-0.2, -0.15) is 13.2 Å². The number of ether oxygens (including phenoxy) is 1. The number of rotatable bonds is 4. The van der Waals surface area contributed by atoms with Crippen molar-refractivity contribution < 1.29 is 32.6 Å². The largest absolute Gasteiger partial charge is 0.490 e. The van der Waals surface area contributed by atoms with Gasteiger partial charge in [-0.1, -0.05) is 0 Å². The van der Waals surface area contributed by atoms with Crippen LogP contribution in [0.4, 0.5) is 13.2 Å². The van der Waals surface area contributed by atoms with Crippen molar-refractivity contribution in [1.29, 1.82) is 0 Å². The number of likely N-dealkylation sites (tertiary alicyclic amines) is 1. The first-order valence-electron chi connectivity index (χ1n) is 8.77. The number of nitrogens with one attached hydrogen (secondary N) is 1. The van der Waals surface area contributed by atoms with E-state index >= 15 is 0 Å². The summed E-state index contributed by atoms with van der Waals surface area (Å²) in [5, 5.41) is 13.5. The minimum Gasteiger partial charge on any atom is -0.475 e. The molecule has 3 rings (SSSR count). The van der Waals surface area contributed by atoms with Gasteiger partial charge in [-0.25, -0.2) is 9.78 Å². The number of nitrogens with zero attached hydrogens (tertiary/aromatic N) is 2. The van der Waals surface area contributed by atoms with Gasteiger partial charge in [0.05, 0.1) is 19.1 Å². The zero-order valence-corrected chi connectivity index (χ0v) is 16.5. The van der Waals surface area contributed by atoms with Crippen LogP contribution in [0, 0.1) is 18.3 Å². The van der Waals surface area contributed by atoms with E-state index in [1.807, 2.05) is 6.92 Å². The van der Waals surface area contributed by atoms with Gasteiger partial charge in [-0.15, -0.1) is 11.3 Å². The number of thiazole rings is 1. The minimum absolute atomic E-state index is 0.0201. The van der Waals surface area contributed by atoms with Crippen molar-refractivity contribution in [2.75, 3.05) is 33.4 Å². The number of aromatic nitrogens is 1. The highest BCUT2D eigenvalue weighted by Gasteiger charge is 2.49. The molecule has 0 aromatic carbocycles. The molecule has 0 bridgehead atoms. The van der Waals surface area contributed by atoms with Gasteiger partial charge >= 0.3 is 12.1 Å². The number of carboxylic acid groups (broad SMARTS) is 1. The molecule has 1 unspecified atom stereocenters. The normalized spacial score (nSPS) is 21.9. The molecule has 3 heterocycles. The Labute approximate surface area is 164 Å². The molecule has 0 saturated carbocycles. The average molecular weight is 423 g/mol. The molecule has 28 heavy (non-hydrogen) atoms. The fraction of sp³-hybridized carbons (Fsp3) is 0.706. The first-order valence-corrected chi connectivity index (χ1v) is 9.65. The molecule has 1 atom stereocenters. The summed E-state index contributed by atoms with van der Waals surface area (Å²) in [4.78, 5) is 27.9. The van der Waals surface area contributed by atoms with Crippen LogP contribution in [0.1, 0.15) is 23.5 Å². The topological polar surface area (TPSA) is 91.8 Å². The van der Waals surface area contributed by atoms with E-state index in [4.69, 9.17) is 14.6 Å². The monoisotopic (exact) mass is 423 g/mol. The third-order valence-corrected chi connectivity index (χ3v) is 6.07. The van der Waals surface area contributed by atoms with E-state index in [2.05, 4.69) is 20.6 Å². The van der Waals surface area contributed by atoms with E-state index in [1.165, 1.54) is 5.01 Å². The van der Waals surface area contributed by atoms with E-state index < -0.39 is 12.1 Å². The number of aryl methyl sites for hydroxylation is 1. The van der Waals surface area contributed by atoms with Crippen LogP contribution in [-0.2, 0) is 20.9 Å². The van der Waals surface area contributed by atoms with Gasteiger partial charge in [0.1, 0.15) is 5.01 Å². The molecule has 1 aromatic heterocycles. The zero-order chi connectivity index (χ0) is 20.9. The van der Waals surface area contributed by atoms with Crippen molar-refractivity contribution in [1.82, 2.24) is 15.2 Å². The maximum atomic E-state index is 12.0. The maximum absolute atomic E-state index is 12.0. The molecular formula is C17H24F3N3O4S. The summed E-state index contributed by atoms with van der Waals surface area (Å²) < 4.78 is 37.0. The lowest BCUT2D eigenvalue weighted by Gasteiger charge is -2.41. The predicted molar refractivity (Wildman–Crippen MR) is 95.9 cm³/mol. The molecule has 1 spiro atoms. The van der Waals surface area contributed by atoms with Crippen molar-refractivity contribution in [2.45, 2.75) is 32.5 Å². The Morgan fingerprint density at radius 1 is 1.46 bits per heavy atom. The van der Waals surface area contributed by atoms with Gasteiger partial charge in [0, 0.05) is 30.1 Å². The smallest absolute Gasteiger partial charge is 0.475 e. The van der Waals surface area contributed by atoms with E-state index in [0.29, 0.717) is 6.61 Å². The van der Waals surface area contributed by atoms with Crippen LogP contribution in [0.25, 0.3) is 0 Å². The molecule has 2 aliphatic rings. The predicted octanol–water partition coefficient (Wildman–Crippen LogP) is 2.06. The lowest BCUT2D eigenvalue weighted by Crippen LogP contribution is -2.45. The average Bonchev–Trinajstić information content (AvgIpc) is 3.15. The summed E-state index contributed by atoms with van der Waals surface area (Å²) in [5.41, 5.74) is 1.21. The number of hydrogen-bond acceptors (Lipinski definition) is 6. The standard InChI is InChI=1S/C15H23N3O2S.C2HF3O2/c1-11-9-21-13(17-11)7-18-5-3-15(4-6-18)10-16-14(19)12(15)8-20-2;3-2(4,5)1(6)7/h9,12H,3-8,10H2,1-2H3,(H,16,19);(H,6,7). The number of hydrogen-bond donors (Lipinski definition) is 2. The summed E-state index contributed by atoms with van der Waals surface area (Å²) in [7, 11) is 1.68. The second kappa shape index (κ2) is 9.19. The quantitative estimate of drug-likeness (QED) is 0.770. The Morgan fingerprint density at radius 3 is 2.54 bits per heavy atom. The number of piperidine rings is 1. The van der Waals surface area contributed by atoms with Crippen LogP contribution < -0.4 is 5.32 Å². The fourth-order valence-electron chi connectivity index (χ4n) is 3.56. The summed E-state index contributed by atoms with van der Waals surface area (Å²) >= 11 is 1.74. The number of carbonyl (C=O) groups excluding carboxylic acids is 1. The summed E-state index contributed by atoms with van der Waals surface area (Å²) in [6, 6.07) is 0. The van der Waals surface area contributed by atoms with Gasteiger partial charge in [0.25, 0.3) is 0 Å². The number of aliphatic carboxylic acids is 1. The van der Waals surface area contributed by atoms with Crippen molar-refractivity contribution in [2.24, 2.45) is 11.3 Å². The molecule has 2 N–H and O–H groups in total. The molecule has 1 aromatic rings. The highest BCUT2D eigenvalue weighted by Crippen LogP contribution is 2.42. The molecule has 7 nitrogen and oxygen atoms in total. The van der Waals surface area contributed by atoms with Gasteiger partial charge in [-0.3, -0.25) is 9.69 Å². The zero-order valence-electron chi connectivity index (χ0n) is 15.7. The molecule has 1 amide bonds. The van der Waals surface area contributed by atoms with Gasteiger partial charge in [-0.05, 0) is 32.9 Å². The summed E-state index contributed by atoms with van der Waals surface area (Å²) in [6.45, 7) is 6.39. The van der Waals surface area contributed by atoms with Crippen LogP contribution in [0.3, 0.4) is 0 Å². The number of carboxylic acids is 1. The number of halogens is 3. The molecule has 0 aliphatic carbocycles. The molecule has 2 aliphatic heterocycles. The highest BCUT2D eigenvalue weighted by atomic mass is 32.1. The molecule has 11 heteroatoms. The highest BCUT2D eigenvalue weighted by molar-refractivity contribution is 7.09. The van der Waals surface area contributed by atoms with E-state index in [1.54, 1.807) is 18.4 Å². The Hall–Kier alpha value is -1.72. The van der Waals surface area contributed by atoms with Gasteiger partial charge in [0.2, 0.25) is 5.91 Å². The summed E-state index contributed by atoms with van der Waals surface area (Å²) in [5.74, 6) is -2.57. The van der Waals surface area contributed by atoms with E-state index in [-0.39, 0.29) is 17.2 Å². The Balaban J connectivity index is 0.000000345. The number of methoxy groups -OCH3 is 1. The first kappa shape index (κ1) is 22.6. The van der Waals surface area contributed by atoms with Crippen molar-refractivity contribution in [3.05, 3.63) is 16.1 Å². The Morgan fingerprint density at radius 2 is 2.07 bits per heavy atom. The molecule has 2 fully saturated rings. The second-order valence-electron chi connectivity index (χ2n) is 7.05. The van der Waals surface area contributed by atoms with Crippen molar-refractivity contribution in [3.63, 3.8) is 0 Å². The maximum Gasteiger partial charge on any atom is 0.490 e. The van der Waals surface area contributed by atoms with Gasteiger partial charge < -0.3 is 15.2 Å².